The number of carboxylic acids is 1. The predicted molar refractivity (Wildman–Crippen MR) is 56.2 cm³/mol. The zero-order valence-corrected chi connectivity index (χ0v) is 9.32. The molecule has 0 spiro atoms. The molecule has 1 aromatic heterocycles. The molecule has 4 nitrogen and oxygen atoms in total. The quantitative estimate of drug-likeness (QED) is 0.810. The van der Waals surface area contributed by atoms with Crippen molar-refractivity contribution in [2.24, 2.45) is 0 Å². The van der Waals surface area contributed by atoms with Crippen LogP contribution in [0.2, 0.25) is 0 Å². The molecule has 0 atom stereocenters. The lowest BCUT2D eigenvalue weighted by Gasteiger charge is -2.22. The van der Waals surface area contributed by atoms with Gasteiger partial charge in [-0.2, -0.15) is 5.10 Å². The molecular weight excluding hydrogens is 192 g/mol. The Morgan fingerprint density at radius 3 is 2.53 bits per heavy atom. The molecule has 0 bridgehead atoms. The van der Waals surface area contributed by atoms with Crippen LogP contribution in [0.15, 0.2) is 6.07 Å². The van der Waals surface area contributed by atoms with Gasteiger partial charge in [0.1, 0.15) is 0 Å². The topological polar surface area (TPSA) is 55.1 Å². The molecule has 0 amide bonds. The first kappa shape index (κ1) is 10.2. The summed E-state index contributed by atoms with van der Waals surface area (Å²) >= 11 is 0. The van der Waals surface area contributed by atoms with Crippen LogP contribution < -0.4 is 0 Å². The second-order valence-electron chi connectivity index (χ2n) is 5.12. The van der Waals surface area contributed by atoms with Crippen LogP contribution in [-0.2, 0) is 5.54 Å². The van der Waals surface area contributed by atoms with Crippen LogP contribution in [0.25, 0.3) is 0 Å². The summed E-state index contributed by atoms with van der Waals surface area (Å²) in [5, 5.41) is 13.1. The van der Waals surface area contributed by atoms with Crippen LogP contribution in [0.3, 0.4) is 0 Å². The van der Waals surface area contributed by atoms with Gasteiger partial charge in [-0.3, -0.25) is 4.68 Å². The van der Waals surface area contributed by atoms with E-state index in [1.54, 1.807) is 6.07 Å². The van der Waals surface area contributed by atoms with E-state index in [1.807, 2.05) is 25.5 Å². The Hall–Kier alpha value is -1.32. The highest BCUT2D eigenvalue weighted by atomic mass is 16.4. The standard InChI is InChI=1S/C11H16N2O2/c1-11(2,3)13-9(7-4-5-7)6-8(12-13)10(14)15/h6-7H,4-5H2,1-3H3,(H,14,15). The van der Waals surface area contributed by atoms with E-state index in [9.17, 15) is 4.79 Å². The van der Waals surface area contributed by atoms with Gasteiger partial charge in [-0.1, -0.05) is 0 Å². The fraction of sp³-hybridized carbons (Fsp3) is 0.636. The lowest BCUT2D eigenvalue weighted by Crippen LogP contribution is -2.25. The van der Waals surface area contributed by atoms with Crippen LogP contribution in [0.5, 0.6) is 0 Å². The van der Waals surface area contributed by atoms with Gasteiger partial charge in [0, 0.05) is 11.6 Å². The maximum atomic E-state index is 10.9. The van der Waals surface area contributed by atoms with Crippen molar-refractivity contribution in [3.8, 4) is 0 Å². The Kier molecular flexibility index (Phi) is 2.10. The van der Waals surface area contributed by atoms with Crippen LogP contribution in [-0.4, -0.2) is 20.9 Å². The lowest BCUT2D eigenvalue weighted by molar-refractivity contribution is 0.0688. The second-order valence-corrected chi connectivity index (χ2v) is 5.12. The summed E-state index contributed by atoms with van der Waals surface area (Å²) in [4.78, 5) is 10.9. The van der Waals surface area contributed by atoms with Gasteiger partial charge in [-0.15, -0.1) is 0 Å². The highest BCUT2D eigenvalue weighted by Gasteiger charge is 2.32. The van der Waals surface area contributed by atoms with Crippen molar-refractivity contribution < 1.29 is 9.90 Å². The summed E-state index contributed by atoms with van der Waals surface area (Å²) in [5.41, 5.74) is 1.08. The summed E-state index contributed by atoms with van der Waals surface area (Å²) in [6.07, 6.45) is 2.31. The first-order chi connectivity index (χ1) is 6.89. The van der Waals surface area contributed by atoms with Crippen molar-refractivity contribution in [2.75, 3.05) is 0 Å². The molecule has 0 saturated heterocycles. The van der Waals surface area contributed by atoms with Crippen molar-refractivity contribution in [3.63, 3.8) is 0 Å². The number of carbonyl (C=O) groups is 1. The molecule has 0 radical (unpaired) electrons. The van der Waals surface area contributed by atoms with Gasteiger partial charge in [0.15, 0.2) is 5.69 Å². The Bertz CT molecular complexity index is 397. The van der Waals surface area contributed by atoms with Gasteiger partial charge in [0.2, 0.25) is 0 Å². The number of rotatable bonds is 2. The number of aromatic carboxylic acids is 1. The molecule has 15 heavy (non-hydrogen) atoms. The molecule has 0 aliphatic heterocycles. The molecule has 1 saturated carbocycles. The molecule has 82 valence electrons. The zero-order chi connectivity index (χ0) is 11.2. The number of hydrogen-bond acceptors (Lipinski definition) is 2. The monoisotopic (exact) mass is 208 g/mol. The lowest BCUT2D eigenvalue weighted by atomic mass is 10.1. The Morgan fingerprint density at radius 1 is 1.53 bits per heavy atom. The average molecular weight is 208 g/mol. The highest BCUT2D eigenvalue weighted by molar-refractivity contribution is 5.85. The first-order valence-corrected chi connectivity index (χ1v) is 5.23. The molecule has 1 fully saturated rings. The Balaban J connectivity index is 2.46. The third-order valence-corrected chi connectivity index (χ3v) is 2.59. The van der Waals surface area contributed by atoms with Crippen LogP contribution in [0.4, 0.5) is 0 Å². The van der Waals surface area contributed by atoms with Crippen LogP contribution in [0.1, 0.15) is 55.7 Å². The summed E-state index contributed by atoms with van der Waals surface area (Å²) in [6.45, 7) is 6.12. The van der Waals surface area contributed by atoms with Crippen LogP contribution >= 0.6 is 0 Å². The maximum Gasteiger partial charge on any atom is 0.356 e. The van der Waals surface area contributed by atoms with Gasteiger partial charge in [-0.25, -0.2) is 4.79 Å². The minimum absolute atomic E-state index is 0.147. The van der Waals surface area contributed by atoms with E-state index in [0.29, 0.717) is 5.92 Å². The van der Waals surface area contributed by atoms with Crippen molar-refractivity contribution in [3.05, 3.63) is 17.5 Å². The third-order valence-electron chi connectivity index (χ3n) is 2.59. The molecule has 2 rings (SSSR count). The third kappa shape index (κ3) is 1.89. The van der Waals surface area contributed by atoms with Gasteiger partial charge >= 0.3 is 5.97 Å². The first-order valence-electron chi connectivity index (χ1n) is 5.23. The summed E-state index contributed by atoms with van der Waals surface area (Å²) < 4.78 is 1.86. The smallest absolute Gasteiger partial charge is 0.356 e. The van der Waals surface area contributed by atoms with Gasteiger partial charge in [0.05, 0.1) is 5.54 Å². The minimum atomic E-state index is -0.945. The minimum Gasteiger partial charge on any atom is -0.476 e. The second kappa shape index (κ2) is 3.08. The SMILES string of the molecule is CC(C)(C)n1nc(C(=O)O)cc1C1CC1. The van der Waals surface area contributed by atoms with Crippen molar-refractivity contribution in [2.45, 2.75) is 45.1 Å². The molecule has 1 heterocycles. The maximum absolute atomic E-state index is 10.9. The molecule has 0 aromatic carbocycles. The normalized spacial score (nSPS) is 16.7. The Labute approximate surface area is 88.9 Å². The van der Waals surface area contributed by atoms with E-state index < -0.39 is 5.97 Å². The van der Waals surface area contributed by atoms with Crippen molar-refractivity contribution in [1.29, 1.82) is 0 Å². The van der Waals surface area contributed by atoms with E-state index in [1.165, 1.54) is 0 Å². The molecule has 4 heteroatoms. The average Bonchev–Trinajstić information content (AvgIpc) is 2.81. The number of hydrogen-bond donors (Lipinski definition) is 1. The molecule has 0 unspecified atom stereocenters. The molecule has 1 aliphatic carbocycles. The predicted octanol–water partition coefficient (Wildman–Crippen LogP) is 2.21. The van der Waals surface area contributed by atoms with E-state index in [-0.39, 0.29) is 11.2 Å². The highest BCUT2D eigenvalue weighted by Crippen LogP contribution is 2.41. The molecule has 1 aliphatic rings. The van der Waals surface area contributed by atoms with E-state index in [2.05, 4.69) is 5.10 Å². The fourth-order valence-electron chi connectivity index (χ4n) is 1.71. The molecular formula is C11H16N2O2. The summed E-state index contributed by atoms with van der Waals surface area (Å²) in [5.74, 6) is -0.426. The van der Waals surface area contributed by atoms with E-state index in [4.69, 9.17) is 5.11 Å². The van der Waals surface area contributed by atoms with Gasteiger partial charge < -0.3 is 5.11 Å². The van der Waals surface area contributed by atoms with Gasteiger partial charge in [0.25, 0.3) is 0 Å². The largest absolute Gasteiger partial charge is 0.476 e. The molecule has 1 N–H and O–H groups in total. The van der Waals surface area contributed by atoms with E-state index in [0.717, 1.165) is 18.5 Å². The Morgan fingerprint density at radius 2 is 2.13 bits per heavy atom. The van der Waals surface area contributed by atoms with Crippen molar-refractivity contribution in [1.82, 2.24) is 9.78 Å². The molecule has 1 aromatic rings. The fourth-order valence-corrected chi connectivity index (χ4v) is 1.71. The zero-order valence-electron chi connectivity index (χ0n) is 9.32. The van der Waals surface area contributed by atoms with E-state index >= 15 is 0 Å². The van der Waals surface area contributed by atoms with Crippen LogP contribution in [0, 0.1) is 0 Å². The van der Waals surface area contributed by atoms with Gasteiger partial charge in [-0.05, 0) is 39.7 Å². The summed E-state index contributed by atoms with van der Waals surface area (Å²) in [6, 6.07) is 1.71. The van der Waals surface area contributed by atoms with Crippen molar-refractivity contribution >= 4 is 5.97 Å². The summed E-state index contributed by atoms with van der Waals surface area (Å²) in [7, 11) is 0. The number of aromatic nitrogens is 2. The number of carboxylic acid groups (broad SMARTS) is 1. The number of nitrogens with zero attached hydrogens (tertiary/aromatic N) is 2.